The van der Waals surface area contributed by atoms with Crippen molar-refractivity contribution in [3.8, 4) is 5.88 Å². The fourth-order valence-corrected chi connectivity index (χ4v) is 0.788. The monoisotopic (exact) mass is 203 g/mol. The molecular formula is C6H6BrNO2. The summed E-state index contributed by atoms with van der Waals surface area (Å²) in [4.78, 5) is 13.3. The van der Waals surface area contributed by atoms with Crippen LogP contribution in [0.1, 0.15) is 0 Å². The summed E-state index contributed by atoms with van der Waals surface area (Å²) in [5.41, 5.74) is -0.181. The first-order valence-electron chi connectivity index (χ1n) is 2.67. The Bertz CT molecular complexity index is 281. The van der Waals surface area contributed by atoms with Gasteiger partial charge >= 0.3 is 0 Å². The zero-order valence-corrected chi connectivity index (χ0v) is 6.94. The molecule has 0 aliphatic heterocycles. The number of hydrogen-bond acceptors (Lipinski definition) is 2. The van der Waals surface area contributed by atoms with Crippen LogP contribution in [-0.2, 0) is 0 Å². The zero-order chi connectivity index (χ0) is 7.56. The molecule has 1 N–H and O–H groups in total. The van der Waals surface area contributed by atoms with Gasteiger partial charge in [0.25, 0.3) is 5.56 Å². The first-order chi connectivity index (χ1) is 4.74. The average Bonchev–Trinajstić information content (AvgIpc) is 1.95. The average molecular weight is 204 g/mol. The molecule has 0 atom stereocenters. The Morgan fingerprint density at radius 3 is 2.80 bits per heavy atom. The van der Waals surface area contributed by atoms with Crippen LogP contribution in [0.4, 0.5) is 0 Å². The lowest BCUT2D eigenvalue weighted by Gasteiger charge is -1.96. The van der Waals surface area contributed by atoms with Crippen LogP contribution in [0.2, 0.25) is 0 Å². The lowest BCUT2D eigenvalue weighted by Crippen LogP contribution is -2.06. The van der Waals surface area contributed by atoms with Crippen molar-refractivity contribution in [1.82, 2.24) is 4.98 Å². The molecule has 10 heavy (non-hydrogen) atoms. The molecule has 0 aliphatic rings. The third-order valence-electron chi connectivity index (χ3n) is 1.05. The number of pyridine rings is 1. The van der Waals surface area contributed by atoms with Gasteiger partial charge in [-0.3, -0.25) is 9.78 Å². The fraction of sp³-hybridized carbons (Fsp3) is 0.167. The molecule has 0 radical (unpaired) electrons. The van der Waals surface area contributed by atoms with Crippen molar-refractivity contribution < 1.29 is 4.74 Å². The molecule has 0 aromatic carbocycles. The van der Waals surface area contributed by atoms with E-state index in [1.165, 1.54) is 7.11 Å². The molecule has 0 unspecified atom stereocenters. The van der Waals surface area contributed by atoms with E-state index < -0.39 is 0 Å². The first-order valence-corrected chi connectivity index (χ1v) is 3.46. The number of methoxy groups -OCH3 is 1. The highest BCUT2D eigenvalue weighted by molar-refractivity contribution is 9.10. The third kappa shape index (κ3) is 1.39. The molecule has 0 bridgehead atoms. The van der Waals surface area contributed by atoms with Gasteiger partial charge in [-0.25, -0.2) is 0 Å². The van der Waals surface area contributed by atoms with E-state index in [1.54, 1.807) is 12.1 Å². The quantitative estimate of drug-likeness (QED) is 0.745. The van der Waals surface area contributed by atoms with Crippen molar-refractivity contribution in [2.45, 2.75) is 0 Å². The van der Waals surface area contributed by atoms with Gasteiger partial charge in [0.2, 0.25) is 0 Å². The van der Waals surface area contributed by atoms with Gasteiger partial charge in [-0.15, -0.1) is 0 Å². The first kappa shape index (κ1) is 7.34. The summed E-state index contributed by atoms with van der Waals surface area (Å²) >= 11 is 3.06. The topological polar surface area (TPSA) is 42.1 Å². The molecule has 1 rings (SSSR count). The molecule has 3 nitrogen and oxygen atoms in total. The number of H-pyrrole nitrogens is 1. The SMILES string of the molecule is COc1ccc(Br)c(=O)[nH]1. The van der Waals surface area contributed by atoms with Crippen LogP contribution >= 0.6 is 15.9 Å². The predicted molar refractivity (Wildman–Crippen MR) is 41.3 cm³/mol. The third-order valence-corrected chi connectivity index (χ3v) is 1.68. The molecule has 1 aromatic heterocycles. The van der Waals surface area contributed by atoms with Crippen molar-refractivity contribution >= 4 is 15.9 Å². The Morgan fingerprint density at radius 2 is 2.30 bits per heavy atom. The number of halogens is 1. The summed E-state index contributed by atoms with van der Waals surface area (Å²) in [6.07, 6.45) is 0. The van der Waals surface area contributed by atoms with E-state index in [-0.39, 0.29) is 5.56 Å². The molecule has 0 saturated carbocycles. The Balaban J connectivity index is 3.17. The number of nitrogens with one attached hydrogen (secondary N) is 1. The Kier molecular flexibility index (Phi) is 2.11. The van der Waals surface area contributed by atoms with E-state index in [9.17, 15) is 4.79 Å². The summed E-state index contributed by atoms with van der Waals surface area (Å²) in [7, 11) is 1.50. The highest BCUT2D eigenvalue weighted by atomic mass is 79.9. The standard InChI is InChI=1S/C6H6BrNO2/c1-10-5-3-2-4(7)6(9)8-5/h2-3H,1H3,(H,8,9). The molecular weight excluding hydrogens is 198 g/mol. The zero-order valence-electron chi connectivity index (χ0n) is 5.35. The van der Waals surface area contributed by atoms with Crippen LogP contribution in [0.15, 0.2) is 21.4 Å². The van der Waals surface area contributed by atoms with Crippen molar-refractivity contribution in [3.63, 3.8) is 0 Å². The number of aromatic nitrogens is 1. The van der Waals surface area contributed by atoms with Crippen LogP contribution in [0.3, 0.4) is 0 Å². The van der Waals surface area contributed by atoms with Gasteiger partial charge in [0.05, 0.1) is 11.6 Å². The Morgan fingerprint density at radius 1 is 1.60 bits per heavy atom. The van der Waals surface area contributed by atoms with E-state index in [0.717, 1.165) is 0 Å². The number of ether oxygens (including phenoxy) is 1. The van der Waals surface area contributed by atoms with Gasteiger partial charge in [0, 0.05) is 0 Å². The van der Waals surface area contributed by atoms with Crippen LogP contribution in [0.25, 0.3) is 0 Å². The van der Waals surface area contributed by atoms with E-state index in [2.05, 4.69) is 20.9 Å². The van der Waals surface area contributed by atoms with Crippen LogP contribution < -0.4 is 10.3 Å². The summed E-state index contributed by atoms with van der Waals surface area (Å²) in [5, 5.41) is 0. The molecule has 0 spiro atoms. The van der Waals surface area contributed by atoms with Gasteiger partial charge in [-0.2, -0.15) is 0 Å². The van der Waals surface area contributed by atoms with Gasteiger partial charge in [0.15, 0.2) is 5.88 Å². The highest BCUT2D eigenvalue weighted by Gasteiger charge is 1.94. The van der Waals surface area contributed by atoms with Crippen molar-refractivity contribution in [2.75, 3.05) is 7.11 Å². The molecule has 0 saturated heterocycles. The summed E-state index contributed by atoms with van der Waals surface area (Å²) in [6.45, 7) is 0. The number of rotatable bonds is 1. The lowest BCUT2D eigenvalue weighted by atomic mass is 10.5. The van der Waals surface area contributed by atoms with Gasteiger partial charge in [-0.05, 0) is 28.1 Å². The molecule has 0 fully saturated rings. The van der Waals surface area contributed by atoms with E-state index in [4.69, 9.17) is 4.74 Å². The molecule has 1 heterocycles. The number of hydrogen-bond donors (Lipinski definition) is 1. The normalized spacial score (nSPS) is 9.40. The summed E-state index contributed by atoms with van der Waals surface area (Å²) in [5.74, 6) is 0.466. The molecule has 1 aromatic rings. The van der Waals surface area contributed by atoms with E-state index in [0.29, 0.717) is 10.4 Å². The van der Waals surface area contributed by atoms with Crippen LogP contribution in [-0.4, -0.2) is 12.1 Å². The maximum atomic E-state index is 10.8. The largest absolute Gasteiger partial charge is 0.482 e. The van der Waals surface area contributed by atoms with Crippen LogP contribution in [0.5, 0.6) is 5.88 Å². The highest BCUT2D eigenvalue weighted by Crippen LogP contribution is 2.06. The van der Waals surface area contributed by atoms with E-state index in [1.807, 2.05) is 0 Å². The molecule has 4 heteroatoms. The second-order valence-corrected chi connectivity index (χ2v) is 2.56. The van der Waals surface area contributed by atoms with Crippen molar-refractivity contribution in [3.05, 3.63) is 27.0 Å². The van der Waals surface area contributed by atoms with Gasteiger partial charge < -0.3 is 4.74 Å². The van der Waals surface area contributed by atoms with E-state index >= 15 is 0 Å². The van der Waals surface area contributed by atoms with Gasteiger partial charge in [0.1, 0.15) is 0 Å². The smallest absolute Gasteiger partial charge is 0.264 e. The fourth-order valence-electron chi connectivity index (χ4n) is 0.557. The Hall–Kier alpha value is -0.770. The lowest BCUT2D eigenvalue weighted by molar-refractivity contribution is 0.396. The maximum absolute atomic E-state index is 10.8. The van der Waals surface area contributed by atoms with Gasteiger partial charge in [-0.1, -0.05) is 0 Å². The minimum absolute atomic E-state index is 0.181. The molecule has 54 valence electrons. The second kappa shape index (κ2) is 2.88. The molecule has 0 aliphatic carbocycles. The minimum Gasteiger partial charge on any atom is -0.482 e. The molecule has 0 amide bonds. The summed E-state index contributed by atoms with van der Waals surface area (Å²) in [6, 6.07) is 3.31. The van der Waals surface area contributed by atoms with Crippen molar-refractivity contribution in [1.29, 1.82) is 0 Å². The number of aromatic amines is 1. The summed E-state index contributed by atoms with van der Waals surface area (Å²) < 4.78 is 5.28. The Labute approximate surface area is 66.2 Å². The maximum Gasteiger partial charge on any atom is 0.264 e. The minimum atomic E-state index is -0.181. The van der Waals surface area contributed by atoms with Crippen LogP contribution in [0, 0.1) is 0 Å². The predicted octanol–water partition coefficient (Wildman–Crippen LogP) is 1.15. The second-order valence-electron chi connectivity index (χ2n) is 1.70. The van der Waals surface area contributed by atoms with Crippen molar-refractivity contribution in [2.24, 2.45) is 0 Å².